The molecule has 1 amide bonds. The van der Waals surface area contributed by atoms with Crippen LogP contribution in [0.2, 0.25) is 0 Å². The van der Waals surface area contributed by atoms with E-state index in [9.17, 15) is 4.79 Å². The fraction of sp³-hybridized carbons (Fsp3) is 0.286. The molecule has 106 valence electrons. The monoisotopic (exact) mass is 300 g/mol. The van der Waals surface area contributed by atoms with Gasteiger partial charge in [-0.3, -0.25) is 10.1 Å². The number of hydrogen-bond acceptors (Lipinski definition) is 6. The highest BCUT2D eigenvalue weighted by molar-refractivity contribution is 7.16. The van der Waals surface area contributed by atoms with Crippen molar-refractivity contribution in [2.75, 3.05) is 5.32 Å². The lowest BCUT2D eigenvalue weighted by molar-refractivity contribution is 0.102. The van der Waals surface area contributed by atoms with Crippen LogP contribution in [0.15, 0.2) is 16.8 Å². The number of aryl methyl sites for hydroxylation is 3. The van der Waals surface area contributed by atoms with E-state index < -0.39 is 0 Å². The third kappa shape index (κ3) is 2.09. The van der Waals surface area contributed by atoms with Gasteiger partial charge in [0, 0.05) is 11.1 Å². The largest absolute Gasteiger partial charge is 0.336 e. The second-order valence-electron chi connectivity index (χ2n) is 5.04. The van der Waals surface area contributed by atoms with E-state index in [1.54, 1.807) is 17.4 Å². The van der Waals surface area contributed by atoms with E-state index in [0.717, 1.165) is 36.0 Å². The van der Waals surface area contributed by atoms with Crippen molar-refractivity contribution in [3.63, 3.8) is 0 Å². The van der Waals surface area contributed by atoms with Crippen molar-refractivity contribution in [3.05, 3.63) is 34.1 Å². The first-order chi connectivity index (χ1) is 10.2. The van der Waals surface area contributed by atoms with E-state index in [0.29, 0.717) is 16.4 Å². The Kier molecular flexibility index (Phi) is 2.75. The summed E-state index contributed by atoms with van der Waals surface area (Å²) in [6.45, 7) is 1.82. The predicted molar refractivity (Wildman–Crippen MR) is 78.6 cm³/mol. The van der Waals surface area contributed by atoms with Crippen molar-refractivity contribution in [2.45, 2.75) is 26.2 Å². The zero-order valence-corrected chi connectivity index (χ0v) is 12.2. The Morgan fingerprint density at radius 2 is 2.33 bits per heavy atom. The molecule has 0 saturated carbocycles. The maximum absolute atomic E-state index is 12.3. The zero-order chi connectivity index (χ0) is 14.4. The summed E-state index contributed by atoms with van der Waals surface area (Å²) in [4.78, 5) is 22.1. The lowest BCUT2D eigenvalue weighted by Crippen LogP contribution is -2.12. The van der Waals surface area contributed by atoms with E-state index >= 15 is 0 Å². The van der Waals surface area contributed by atoms with Crippen LogP contribution in [0.5, 0.6) is 0 Å². The van der Waals surface area contributed by atoms with Crippen LogP contribution in [0, 0.1) is 6.92 Å². The van der Waals surface area contributed by atoms with Crippen molar-refractivity contribution >= 4 is 33.5 Å². The number of nitrogens with one attached hydrogen (secondary N) is 1. The quantitative estimate of drug-likeness (QED) is 0.787. The molecule has 0 aliphatic heterocycles. The average Bonchev–Trinajstić information content (AvgIpc) is 3.14. The third-order valence-electron chi connectivity index (χ3n) is 3.59. The summed E-state index contributed by atoms with van der Waals surface area (Å²) in [6.07, 6.45) is 4.73. The Morgan fingerprint density at radius 1 is 1.43 bits per heavy atom. The molecule has 0 atom stereocenters. The summed E-state index contributed by atoms with van der Waals surface area (Å²) in [5.74, 6) is -0.211. The second-order valence-corrected chi connectivity index (χ2v) is 6.12. The van der Waals surface area contributed by atoms with Crippen molar-refractivity contribution < 1.29 is 9.32 Å². The molecule has 1 aliphatic rings. The SMILES string of the molecule is Cc1noc2ncc(C(=O)Nc3nc4c(s3)CCC4)cc12. The topological polar surface area (TPSA) is 80.9 Å². The van der Waals surface area contributed by atoms with E-state index in [-0.39, 0.29) is 5.91 Å². The normalized spacial score (nSPS) is 13.6. The van der Waals surface area contributed by atoms with Gasteiger partial charge in [-0.1, -0.05) is 5.16 Å². The Morgan fingerprint density at radius 3 is 3.19 bits per heavy atom. The van der Waals surface area contributed by atoms with E-state index in [4.69, 9.17) is 4.52 Å². The molecule has 3 aromatic heterocycles. The number of nitrogens with zero attached hydrogens (tertiary/aromatic N) is 3. The number of hydrogen-bond donors (Lipinski definition) is 1. The van der Waals surface area contributed by atoms with Crippen LogP contribution in [0.3, 0.4) is 0 Å². The van der Waals surface area contributed by atoms with Crippen LogP contribution >= 0.6 is 11.3 Å². The minimum atomic E-state index is -0.211. The van der Waals surface area contributed by atoms with Crippen LogP contribution in [-0.4, -0.2) is 21.0 Å². The molecule has 1 N–H and O–H groups in total. The van der Waals surface area contributed by atoms with Gasteiger partial charge in [0.25, 0.3) is 11.6 Å². The number of anilines is 1. The molecule has 0 saturated heterocycles. The number of fused-ring (bicyclic) bond motifs is 2. The van der Waals surface area contributed by atoms with E-state index in [1.165, 1.54) is 11.1 Å². The molecule has 0 fully saturated rings. The van der Waals surface area contributed by atoms with Gasteiger partial charge in [-0.25, -0.2) is 9.97 Å². The molecule has 4 rings (SSSR count). The fourth-order valence-corrected chi connectivity index (χ4v) is 3.53. The van der Waals surface area contributed by atoms with Gasteiger partial charge in [-0.2, -0.15) is 0 Å². The van der Waals surface area contributed by atoms with Crippen molar-refractivity contribution in [2.24, 2.45) is 0 Å². The molecule has 0 unspecified atom stereocenters. The van der Waals surface area contributed by atoms with Crippen LogP contribution in [0.4, 0.5) is 5.13 Å². The number of pyridine rings is 1. The van der Waals surface area contributed by atoms with Crippen LogP contribution in [0.1, 0.15) is 33.0 Å². The van der Waals surface area contributed by atoms with Gasteiger partial charge in [0.1, 0.15) is 0 Å². The average molecular weight is 300 g/mol. The predicted octanol–water partition coefficient (Wildman–Crippen LogP) is 2.73. The summed E-state index contributed by atoms with van der Waals surface area (Å²) < 4.78 is 5.04. The van der Waals surface area contributed by atoms with Crippen molar-refractivity contribution in [1.82, 2.24) is 15.1 Å². The Balaban J connectivity index is 1.61. The highest BCUT2D eigenvalue weighted by Gasteiger charge is 2.18. The summed E-state index contributed by atoms with van der Waals surface area (Å²) in [7, 11) is 0. The number of rotatable bonds is 2. The number of carbonyl (C=O) groups is 1. The van der Waals surface area contributed by atoms with Gasteiger partial charge in [-0.15, -0.1) is 11.3 Å². The first-order valence-electron chi connectivity index (χ1n) is 6.72. The molecule has 3 aromatic rings. The highest BCUT2D eigenvalue weighted by Crippen LogP contribution is 2.30. The number of thiazole rings is 1. The smallest absolute Gasteiger partial charge is 0.259 e. The Hall–Kier alpha value is -2.28. The van der Waals surface area contributed by atoms with Gasteiger partial charge in [0.2, 0.25) is 0 Å². The van der Waals surface area contributed by atoms with Crippen molar-refractivity contribution in [3.8, 4) is 0 Å². The van der Waals surface area contributed by atoms with Gasteiger partial charge < -0.3 is 4.52 Å². The minimum Gasteiger partial charge on any atom is -0.336 e. The lowest BCUT2D eigenvalue weighted by atomic mass is 10.2. The summed E-state index contributed by atoms with van der Waals surface area (Å²) in [6, 6.07) is 1.74. The highest BCUT2D eigenvalue weighted by atomic mass is 32.1. The zero-order valence-electron chi connectivity index (χ0n) is 11.3. The lowest BCUT2D eigenvalue weighted by Gasteiger charge is -2.01. The minimum absolute atomic E-state index is 0.211. The summed E-state index contributed by atoms with van der Waals surface area (Å²) in [5.41, 5.74) is 2.76. The summed E-state index contributed by atoms with van der Waals surface area (Å²) in [5, 5.41) is 8.09. The molecule has 1 aliphatic carbocycles. The molecular weight excluding hydrogens is 288 g/mol. The molecule has 6 nitrogen and oxygen atoms in total. The van der Waals surface area contributed by atoms with Gasteiger partial charge >= 0.3 is 0 Å². The van der Waals surface area contributed by atoms with E-state index in [1.807, 2.05) is 6.92 Å². The molecule has 21 heavy (non-hydrogen) atoms. The van der Waals surface area contributed by atoms with Crippen LogP contribution in [-0.2, 0) is 12.8 Å². The Bertz CT molecular complexity index is 830. The maximum atomic E-state index is 12.3. The molecule has 0 spiro atoms. The number of amides is 1. The van der Waals surface area contributed by atoms with Crippen LogP contribution < -0.4 is 5.32 Å². The molecule has 0 radical (unpaired) electrons. The summed E-state index contributed by atoms with van der Waals surface area (Å²) >= 11 is 1.56. The van der Waals surface area contributed by atoms with Gasteiger partial charge in [0.05, 0.1) is 22.3 Å². The van der Waals surface area contributed by atoms with E-state index in [2.05, 4.69) is 20.4 Å². The number of carbonyl (C=O) groups excluding carboxylic acids is 1. The van der Waals surface area contributed by atoms with Gasteiger partial charge in [0.15, 0.2) is 5.13 Å². The molecule has 0 bridgehead atoms. The first kappa shape index (κ1) is 12.5. The number of aromatic nitrogens is 3. The molecule has 7 heteroatoms. The molecular formula is C14H12N4O2S. The second kappa shape index (κ2) is 4.63. The Labute approximate surface area is 124 Å². The van der Waals surface area contributed by atoms with Crippen molar-refractivity contribution in [1.29, 1.82) is 0 Å². The van der Waals surface area contributed by atoms with Crippen LogP contribution in [0.25, 0.3) is 11.1 Å². The third-order valence-corrected chi connectivity index (χ3v) is 4.66. The maximum Gasteiger partial charge on any atom is 0.259 e. The standard InChI is InChI=1S/C14H12N4O2S/c1-7-9-5-8(6-15-13(9)20-18-7)12(19)17-14-16-10-3-2-4-11(10)21-14/h5-6H,2-4H2,1H3,(H,16,17,19). The molecule has 0 aromatic carbocycles. The molecule has 3 heterocycles. The first-order valence-corrected chi connectivity index (χ1v) is 7.54. The van der Waals surface area contributed by atoms with Gasteiger partial charge in [-0.05, 0) is 32.3 Å². The fourth-order valence-electron chi connectivity index (χ4n) is 2.48.